The maximum absolute atomic E-state index is 12.0. The van der Waals surface area contributed by atoms with Crippen molar-refractivity contribution in [2.24, 2.45) is 0 Å². The van der Waals surface area contributed by atoms with Crippen molar-refractivity contribution in [3.8, 4) is 0 Å². The molecule has 0 fully saturated rings. The minimum atomic E-state index is -0.556. The molecule has 0 spiro atoms. The normalized spacial score (nSPS) is 13.8. The van der Waals surface area contributed by atoms with E-state index in [2.05, 4.69) is 4.98 Å². The van der Waals surface area contributed by atoms with Crippen molar-refractivity contribution in [3.05, 3.63) is 57.8 Å². The molecule has 0 N–H and O–H groups in total. The lowest BCUT2D eigenvalue weighted by molar-refractivity contribution is -0.114. The van der Waals surface area contributed by atoms with Crippen LogP contribution in [0.15, 0.2) is 36.7 Å². The fourth-order valence-corrected chi connectivity index (χ4v) is 2.44. The summed E-state index contributed by atoms with van der Waals surface area (Å²) in [6.45, 7) is 0.250. The summed E-state index contributed by atoms with van der Waals surface area (Å²) in [5.74, 6) is -1.07. The van der Waals surface area contributed by atoms with E-state index in [-0.39, 0.29) is 6.54 Å². The highest BCUT2D eigenvalue weighted by Crippen LogP contribution is 2.30. The summed E-state index contributed by atoms with van der Waals surface area (Å²) in [5, 5.41) is 0.856. The summed E-state index contributed by atoms with van der Waals surface area (Å²) >= 11 is 11.8. The van der Waals surface area contributed by atoms with E-state index in [0.717, 1.165) is 5.56 Å². The summed E-state index contributed by atoms with van der Waals surface area (Å²) in [4.78, 5) is 29.2. The molecule has 0 radical (unpaired) electrons. The second-order valence-electron chi connectivity index (χ2n) is 4.36. The number of carbonyl (C=O) groups excluding carboxylic acids is 2. The van der Waals surface area contributed by atoms with Crippen molar-refractivity contribution in [1.29, 1.82) is 0 Å². The Morgan fingerprint density at radius 2 is 1.90 bits per heavy atom. The van der Waals surface area contributed by atoms with Gasteiger partial charge in [-0.05, 0) is 23.8 Å². The Labute approximate surface area is 124 Å². The summed E-state index contributed by atoms with van der Waals surface area (Å²) in [6, 6.07) is 6.65. The molecule has 0 saturated carbocycles. The SMILES string of the molecule is O=C1C(=O)N(Cc2ccc(Cl)c(Cl)c2)c2cnccc21. The van der Waals surface area contributed by atoms with Crippen LogP contribution in [0, 0.1) is 0 Å². The monoisotopic (exact) mass is 306 g/mol. The van der Waals surface area contributed by atoms with Gasteiger partial charge in [-0.3, -0.25) is 19.5 Å². The number of nitrogens with zero attached hydrogens (tertiary/aromatic N) is 2. The molecule has 4 nitrogen and oxygen atoms in total. The number of amides is 1. The molecule has 1 amide bonds. The Kier molecular flexibility index (Phi) is 3.20. The number of halogens is 2. The van der Waals surface area contributed by atoms with E-state index in [1.165, 1.54) is 17.3 Å². The van der Waals surface area contributed by atoms with Gasteiger partial charge in [-0.1, -0.05) is 29.3 Å². The second-order valence-corrected chi connectivity index (χ2v) is 5.18. The van der Waals surface area contributed by atoms with Crippen LogP contribution in [-0.4, -0.2) is 16.7 Å². The van der Waals surface area contributed by atoms with Gasteiger partial charge in [0.05, 0.1) is 34.0 Å². The van der Waals surface area contributed by atoms with E-state index in [4.69, 9.17) is 23.2 Å². The largest absolute Gasteiger partial charge is 0.299 e. The smallest absolute Gasteiger partial charge is 0.299 e. The minimum absolute atomic E-state index is 0.250. The molecule has 0 saturated heterocycles. The van der Waals surface area contributed by atoms with Crippen LogP contribution < -0.4 is 4.90 Å². The molecule has 20 heavy (non-hydrogen) atoms. The molecule has 0 atom stereocenters. The number of rotatable bonds is 2. The quantitative estimate of drug-likeness (QED) is 0.801. The lowest BCUT2D eigenvalue weighted by Gasteiger charge is -2.16. The molecular formula is C14H8Cl2N2O2. The number of carbonyl (C=O) groups is 2. The number of benzene rings is 1. The first-order valence-electron chi connectivity index (χ1n) is 5.82. The highest BCUT2D eigenvalue weighted by atomic mass is 35.5. The van der Waals surface area contributed by atoms with Crippen LogP contribution in [0.2, 0.25) is 10.0 Å². The van der Waals surface area contributed by atoms with Crippen LogP contribution in [0.5, 0.6) is 0 Å². The molecule has 2 heterocycles. The number of hydrogen-bond donors (Lipinski definition) is 0. The Balaban J connectivity index is 1.97. The fourth-order valence-electron chi connectivity index (χ4n) is 2.12. The number of anilines is 1. The Morgan fingerprint density at radius 1 is 1.10 bits per heavy atom. The standard InChI is InChI=1S/C14H8Cl2N2O2/c15-10-2-1-8(5-11(10)16)7-18-12-6-17-4-3-9(12)13(19)14(18)20/h1-6H,7H2. The molecule has 2 aromatic rings. The zero-order chi connectivity index (χ0) is 14.3. The molecule has 1 aromatic heterocycles. The van der Waals surface area contributed by atoms with Crippen LogP contribution in [0.1, 0.15) is 15.9 Å². The van der Waals surface area contributed by atoms with E-state index in [1.54, 1.807) is 24.3 Å². The van der Waals surface area contributed by atoms with Gasteiger partial charge in [-0.25, -0.2) is 0 Å². The van der Waals surface area contributed by atoms with E-state index < -0.39 is 11.7 Å². The molecule has 1 aromatic carbocycles. The van der Waals surface area contributed by atoms with Gasteiger partial charge in [0.1, 0.15) is 0 Å². The minimum Gasteiger partial charge on any atom is -0.299 e. The zero-order valence-corrected chi connectivity index (χ0v) is 11.6. The summed E-state index contributed by atoms with van der Waals surface area (Å²) in [7, 11) is 0. The third-order valence-corrected chi connectivity index (χ3v) is 3.84. The molecule has 1 aliphatic heterocycles. The molecule has 3 rings (SSSR count). The van der Waals surface area contributed by atoms with E-state index in [0.29, 0.717) is 21.3 Å². The Morgan fingerprint density at radius 3 is 2.65 bits per heavy atom. The molecule has 0 unspecified atom stereocenters. The summed E-state index contributed by atoms with van der Waals surface area (Å²) in [6.07, 6.45) is 3.00. The van der Waals surface area contributed by atoms with Crippen LogP contribution in [0.3, 0.4) is 0 Å². The Bertz CT molecular complexity index is 731. The topological polar surface area (TPSA) is 50.3 Å². The van der Waals surface area contributed by atoms with Gasteiger partial charge in [0.15, 0.2) is 0 Å². The van der Waals surface area contributed by atoms with Crippen molar-refractivity contribution in [2.45, 2.75) is 6.54 Å². The number of fused-ring (bicyclic) bond motifs is 1. The van der Waals surface area contributed by atoms with Gasteiger partial charge in [-0.15, -0.1) is 0 Å². The van der Waals surface area contributed by atoms with E-state index >= 15 is 0 Å². The maximum atomic E-state index is 12.0. The van der Waals surface area contributed by atoms with Crippen molar-refractivity contribution in [3.63, 3.8) is 0 Å². The number of hydrogen-bond acceptors (Lipinski definition) is 3. The first-order valence-corrected chi connectivity index (χ1v) is 6.57. The van der Waals surface area contributed by atoms with Gasteiger partial charge in [0.2, 0.25) is 0 Å². The van der Waals surface area contributed by atoms with Gasteiger partial charge in [0, 0.05) is 6.20 Å². The van der Waals surface area contributed by atoms with E-state index in [1.807, 2.05) is 0 Å². The lowest BCUT2D eigenvalue weighted by Crippen LogP contribution is -2.29. The van der Waals surface area contributed by atoms with Gasteiger partial charge in [0.25, 0.3) is 11.7 Å². The highest BCUT2D eigenvalue weighted by molar-refractivity contribution is 6.52. The predicted molar refractivity (Wildman–Crippen MR) is 76.2 cm³/mol. The van der Waals surface area contributed by atoms with Crippen molar-refractivity contribution in [2.75, 3.05) is 4.90 Å². The van der Waals surface area contributed by atoms with Crippen LogP contribution in [0.25, 0.3) is 0 Å². The van der Waals surface area contributed by atoms with Gasteiger partial charge >= 0.3 is 0 Å². The first kappa shape index (κ1) is 13.1. The zero-order valence-electron chi connectivity index (χ0n) is 10.1. The summed E-state index contributed by atoms with van der Waals surface area (Å²) < 4.78 is 0. The first-order chi connectivity index (χ1) is 9.58. The summed E-state index contributed by atoms with van der Waals surface area (Å²) in [5.41, 5.74) is 1.69. The molecule has 0 bridgehead atoms. The van der Waals surface area contributed by atoms with Gasteiger partial charge < -0.3 is 0 Å². The van der Waals surface area contributed by atoms with E-state index in [9.17, 15) is 9.59 Å². The average molecular weight is 307 g/mol. The van der Waals surface area contributed by atoms with Crippen molar-refractivity contribution >= 4 is 40.6 Å². The second kappa shape index (κ2) is 4.89. The van der Waals surface area contributed by atoms with Crippen LogP contribution in [0.4, 0.5) is 5.69 Å². The molecule has 0 aliphatic carbocycles. The third kappa shape index (κ3) is 2.07. The number of Topliss-reactive ketones (excluding diaryl/α,β-unsaturated/α-hetero) is 1. The number of ketones is 1. The number of aromatic nitrogens is 1. The molecule has 6 heteroatoms. The van der Waals surface area contributed by atoms with Crippen LogP contribution in [-0.2, 0) is 11.3 Å². The van der Waals surface area contributed by atoms with Crippen molar-refractivity contribution < 1.29 is 9.59 Å². The van der Waals surface area contributed by atoms with Crippen molar-refractivity contribution in [1.82, 2.24) is 4.98 Å². The highest BCUT2D eigenvalue weighted by Gasteiger charge is 2.35. The van der Waals surface area contributed by atoms with Gasteiger partial charge in [-0.2, -0.15) is 0 Å². The predicted octanol–water partition coefficient (Wildman–Crippen LogP) is 3.12. The lowest BCUT2D eigenvalue weighted by atomic mass is 10.2. The fraction of sp³-hybridized carbons (Fsp3) is 0.0714. The molecule has 1 aliphatic rings. The number of pyridine rings is 1. The molecular weight excluding hydrogens is 299 g/mol. The average Bonchev–Trinajstić information content (AvgIpc) is 2.69. The maximum Gasteiger partial charge on any atom is 0.299 e. The third-order valence-electron chi connectivity index (χ3n) is 3.10. The van der Waals surface area contributed by atoms with Crippen LogP contribution >= 0.6 is 23.2 Å². The molecule has 100 valence electrons. The Hall–Kier alpha value is -1.91.